The van der Waals surface area contributed by atoms with Crippen molar-refractivity contribution in [3.05, 3.63) is 22.7 Å². The summed E-state index contributed by atoms with van der Waals surface area (Å²) in [5, 5.41) is 1.47. The van der Waals surface area contributed by atoms with E-state index in [1.807, 2.05) is 13.0 Å². The fourth-order valence-corrected chi connectivity index (χ4v) is 2.64. The van der Waals surface area contributed by atoms with Crippen molar-refractivity contribution in [2.45, 2.75) is 13.3 Å². The SMILES string of the molecule is Cc1cc(N)c(N2CC(CBr)CC2=O)cc1Cl. The second-order valence-corrected chi connectivity index (χ2v) is 5.44. The summed E-state index contributed by atoms with van der Waals surface area (Å²) in [6.45, 7) is 2.60. The van der Waals surface area contributed by atoms with E-state index < -0.39 is 0 Å². The number of amides is 1. The maximum absolute atomic E-state index is 11.9. The first-order valence-electron chi connectivity index (χ1n) is 5.45. The molecule has 2 N–H and O–H groups in total. The van der Waals surface area contributed by atoms with E-state index in [9.17, 15) is 4.79 Å². The predicted octanol–water partition coefficient (Wildman–Crippen LogP) is 2.98. The second-order valence-electron chi connectivity index (χ2n) is 4.39. The lowest BCUT2D eigenvalue weighted by Crippen LogP contribution is -2.25. The van der Waals surface area contributed by atoms with Crippen molar-refractivity contribution in [3.8, 4) is 0 Å². The lowest BCUT2D eigenvalue weighted by atomic mass is 10.1. The quantitative estimate of drug-likeness (QED) is 0.673. The van der Waals surface area contributed by atoms with Gasteiger partial charge in [-0.15, -0.1) is 0 Å². The van der Waals surface area contributed by atoms with Gasteiger partial charge in [0.2, 0.25) is 5.91 Å². The van der Waals surface area contributed by atoms with Crippen LogP contribution < -0.4 is 10.6 Å². The number of carbonyl (C=O) groups is 1. The number of anilines is 2. The first kappa shape index (κ1) is 12.7. The number of carbonyl (C=O) groups excluding carboxylic acids is 1. The molecule has 1 aromatic carbocycles. The van der Waals surface area contributed by atoms with Crippen LogP contribution in [0.1, 0.15) is 12.0 Å². The zero-order valence-electron chi connectivity index (χ0n) is 9.54. The zero-order valence-corrected chi connectivity index (χ0v) is 11.9. The Hall–Kier alpha value is -0.740. The van der Waals surface area contributed by atoms with Crippen LogP contribution in [0.2, 0.25) is 5.02 Å². The highest BCUT2D eigenvalue weighted by atomic mass is 79.9. The van der Waals surface area contributed by atoms with Gasteiger partial charge in [0.25, 0.3) is 0 Å². The number of halogens is 2. The third kappa shape index (κ3) is 2.43. The van der Waals surface area contributed by atoms with Gasteiger partial charge in [0.05, 0.1) is 11.4 Å². The van der Waals surface area contributed by atoms with E-state index in [2.05, 4.69) is 15.9 Å². The molecule has 0 aromatic heterocycles. The van der Waals surface area contributed by atoms with Crippen LogP contribution in [-0.2, 0) is 4.79 Å². The molecule has 1 aliphatic heterocycles. The number of rotatable bonds is 2. The van der Waals surface area contributed by atoms with Crippen molar-refractivity contribution < 1.29 is 4.79 Å². The topological polar surface area (TPSA) is 46.3 Å². The van der Waals surface area contributed by atoms with E-state index in [0.717, 1.165) is 16.6 Å². The first-order chi connectivity index (χ1) is 8.02. The lowest BCUT2D eigenvalue weighted by Gasteiger charge is -2.19. The highest BCUT2D eigenvalue weighted by molar-refractivity contribution is 9.09. The van der Waals surface area contributed by atoms with E-state index >= 15 is 0 Å². The van der Waals surface area contributed by atoms with Crippen molar-refractivity contribution in [2.24, 2.45) is 5.92 Å². The summed E-state index contributed by atoms with van der Waals surface area (Å²) in [5.41, 5.74) is 8.22. The average Bonchev–Trinajstić information content (AvgIpc) is 2.65. The second kappa shape index (κ2) is 4.86. The van der Waals surface area contributed by atoms with Gasteiger partial charge in [-0.3, -0.25) is 4.79 Å². The minimum Gasteiger partial charge on any atom is -0.397 e. The third-order valence-corrected chi connectivity index (χ3v) is 4.34. The Balaban J connectivity index is 2.35. The maximum atomic E-state index is 11.9. The van der Waals surface area contributed by atoms with Crippen molar-refractivity contribution in [3.63, 3.8) is 0 Å². The molecule has 1 amide bonds. The molecular formula is C12H14BrClN2O. The fourth-order valence-electron chi connectivity index (χ4n) is 2.04. The van der Waals surface area contributed by atoms with Crippen LogP contribution >= 0.6 is 27.5 Å². The van der Waals surface area contributed by atoms with Crippen LogP contribution in [0.15, 0.2) is 12.1 Å². The zero-order chi connectivity index (χ0) is 12.6. The highest BCUT2D eigenvalue weighted by Crippen LogP contribution is 2.34. The number of nitrogens with two attached hydrogens (primary N) is 1. The van der Waals surface area contributed by atoms with Gasteiger partial charge in [-0.05, 0) is 30.5 Å². The van der Waals surface area contributed by atoms with E-state index in [1.54, 1.807) is 11.0 Å². The summed E-state index contributed by atoms with van der Waals surface area (Å²) in [7, 11) is 0. The molecule has 92 valence electrons. The maximum Gasteiger partial charge on any atom is 0.227 e. The van der Waals surface area contributed by atoms with Crippen LogP contribution in [-0.4, -0.2) is 17.8 Å². The molecule has 1 fully saturated rings. The van der Waals surface area contributed by atoms with Crippen molar-refractivity contribution in [1.82, 2.24) is 0 Å². The van der Waals surface area contributed by atoms with Crippen LogP contribution in [0.3, 0.4) is 0 Å². The summed E-state index contributed by atoms with van der Waals surface area (Å²) in [6.07, 6.45) is 0.566. The molecule has 1 heterocycles. The Morgan fingerprint density at radius 2 is 2.29 bits per heavy atom. The van der Waals surface area contributed by atoms with Gasteiger partial charge in [-0.25, -0.2) is 0 Å². The van der Waals surface area contributed by atoms with Crippen molar-refractivity contribution in [2.75, 3.05) is 22.5 Å². The van der Waals surface area contributed by atoms with Crippen LogP contribution in [0.25, 0.3) is 0 Å². The van der Waals surface area contributed by atoms with Crippen LogP contribution in [0.5, 0.6) is 0 Å². The molecule has 1 saturated heterocycles. The standard InChI is InChI=1S/C12H14BrClN2O/c1-7-2-10(15)11(4-9(7)14)16-6-8(5-13)3-12(16)17/h2,4,8H,3,5-6,15H2,1H3. The number of alkyl halides is 1. The fraction of sp³-hybridized carbons (Fsp3) is 0.417. The Kier molecular flexibility index (Phi) is 3.64. The number of hydrogen-bond donors (Lipinski definition) is 1. The number of hydrogen-bond acceptors (Lipinski definition) is 2. The molecule has 1 unspecified atom stereocenters. The van der Waals surface area contributed by atoms with Gasteiger partial charge < -0.3 is 10.6 Å². The Morgan fingerprint density at radius 3 is 2.88 bits per heavy atom. The minimum atomic E-state index is 0.112. The molecule has 0 spiro atoms. The summed E-state index contributed by atoms with van der Waals surface area (Å²) >= 11 is 9.49. The molecule has 0 aliphatic carbocycles. The molecule has 17 heavy (non-hydrogen) atoms. The number of nitrogen functional groups attached to an aromatic ring is 1. The molecule has 0 saturated carbocycles. The average molecular weight is 318 g/mol. The molecule has 0 radical (unpaired) electrons. The monoisotopic (exact) mass is 316 g/mol. The van der Waals surface area contributed by atoms with Gasteiger partial charge in [0, 0.05) is 23.3 Å². The Labute approximate surface area is 114 Å². The van der Waals surface area contributed by atoms with Gasteiger partial charge in [0.15, 0.2) is 0 Å². The summed E-state index contributed by atoms with van der Waals surface area (Å²) in [6, 6.07) is 3.59. The van der Waals surface area contributed by atoms with E-state index in [0.29, 0.717) is 29.6 Å². The Morgan fingerprint density at radius 1 is 1.59 bits per heavy atom. The molecule has 5 heteroatoms. The summed E-state index contributed by atoms with van der Waals surface area (Å²) in [4.78, 5) is 13.6. The first-order valence-corrected chi connectivity index (χ1v) is 6.94. The van der Waals surface area contributed by atoms with Crippen LogP contribution in [0.4, 0.5) is 11.4 Å². The number of nitrogens with zero attached hydrogens (tertiary/aromatic N) is 1. The summed E-state index contributed by atoms with van der Waals surface area (Å²) in [5.74, 6) is 0.461. The van der Waals surface area contributed by atoms with E-state index in [-0.39, 0.29) is 5.91 Å². The summed E-state index contributed by atoms with van der Waals surface area (Å²) < 4.78 is 0. The molecule has 1 aliphatic rings. The predicted molar refractivity (Wildman–Crippen MR) is 74.9 cm³/mol. The van der Waals surface area contributed by atoms with Gasteiger partial charge in [-0.2, -0.15) is 0 Å². The van der Waals surface area contributed by atoms with Crippen LogP contribution in [0, 0.1) is 12.8 Å². The molecule has 1 aromatic rings. The van der Waals surface area contributed by atoms with Gasteiger partial charge >= 0.3 is 0 Å². The van der Waals surface area contributed by atoms with Crippen molar-refractivity contribution in [1.29, 1.82) is 0 Å². The smallest absolute Gasteiger partial charge is 0.227 e. The highest BCUT2D eigenvalue weighted by Gasteiger charge is 2.31. The normalized spacial score (nSPS) is 20.1. The number of benzene rings is 1. The lowest BCUT2D eigenvalue weighted by molar-refractivity contribution is -0.117. The molecule has 3 nitrogen and oxygen atoms in total. The van der Waals surface area contributed by atoms with E-state index in [1.165, 1.54) is 0 Å². The van der Waals surface area contributed by atoms with Gasteiger partial charge in [0.1, 0.15) is 0 Å². The molecule has 2 rings (SSSR count). The molecule has 1 atom stereocenters. The number of aryl methyl sites for hydroxylation is 1. The molecule has 0 bridgehead atoms. The minimum absolute atomic E-state index is 0.112. The van der Waals surface area contributed by atoms with Crippen molar-refractivity contribution >= 4 is 44.8 Å². The third-order valence-electron chi connectivity index (χ3n) is 3.02. The molecular weight excluding hydrogens is 304 g/mol. The largest absolute Gasteiger partial charge is 0.397 e. The Bertz CT molecular complexity index is 464. The van der Waals surface area contributed by atoms with E-state index in [4.69, 9.17) is 17.3 Å². The van der Waals surface area contributed by atoms with Gasteiger partial charge in [-0.1, -0.05) is 27.5 Å².